The van der Waals surface area contributed by atoms with Gasteiger partial charge in [0.25, 0.3) is 0 Å². The molecule has 0 aromatic heterocycles. The van der Waals surface area contributed by atoms with Crippen LogP contribution in [-0.4, -0.2) is 68.8 Å². The fraction of sp³-hybridized carbons (Fsp3) is 0.440. The van der Waals surface area contributed by atoms with Crippen molar-refractivity contribution in [1.82, 2.24) is 14.5 Å². The molecule has 1 fully saturated rings. The SMILES string of the molecule is CC(=O)Nc1ccc(S(=O)(=O)N[C@@H](C)C(=O)N2CCCN(CCCc3ccccc3)CC2)cc1. The van der Waals surface area contributed by atoms with Crippen molar-refractivity contribution in [1.29, 1.82) is 0 Å². The number of carbonyl (C=O) groups excluding carboxylic acids is 2. The maximum atomic E-state index is 13.0. The Kier molecular flexibility index (Phi) is 9.20. The average Bonchev–Trinajstić information content (AvgIpc) is 3.05. The monoisotopic (exact) mass is 486 g/mol. The van der Waals surface area contributed by atoms with Gasteiger partial charge >= 0.3 is 0 Å². The van der Waals surface area contributed by atoms with Gasteiger partial charge < -0.3 is 15.1 Å². The summed E-state index contributed by atoms with van der Waals surface area (Å²) in [5.74, 6) is -0.454. The zero-order valence-corrected chi connectivity index (χ0v) is 20.7. The quantitative estimate of drug-likeness (QED) is 0.567. The maximum Gasteiger partial charge on any atom is 0.241 e. The Balaban J connectivity index is 1.49. The van der Waals surface area contributed by atoms with E-state index in [1.165, 1.54) is 36.8 Å². The predicted molar refractivity (Wildman–Crippen MR) is 133 cm³/mol. The highest BCUT2D eigenvalue weighted by Gasteiger charge is 2.27. The molecule has 8 nitrogen and oxygen atoms in total. The van der Waals surface area contributed by atoms with Gasteiger partial charge in [-0.3, -0.25) is 9.59 Å². The molecular formula is C25H34N4O4S. The van der Waals surface area contributed by atoms with Crippen LogP contribution < -0.4 is 10.0 Å². The molecule has 0 saturated carbocycles. The number of amides is 2. The number of sulfonamides is 1. The van der Waals surface area contributed by atoms with Crippen LogP contribution >= 0.6 is 0 Å². The van der Waals surface area contributed by atoms with E-state index in [-0.39, 0.29) is 16.7 Å². The van der Waals surface area contributed by atoms with Crippen molar-refractivity contribution in [2.45, 2.75) is 44.0 Å². The van der Waals surface area contributed by atoms with Crippen molar-refractivity contribution in [3.63, 3.8) is 0 Å². The summed E-state index contributed by atoms with van der Waals surface area (Å²) >= 11 is 0. The molecule has 1 aliphatic heterocycles. The first-order valence-electron chi connectivity index (χ1n) is 11.7. The Morgan fingerprint density at radius 3 is 2.35 bits per heavy atom. The molecule has 9 heteroatoms. The van der Waals surface area contributed by atoms with Crippen LogP contribution in [0.1, 0.15) is 32.3 Å². The van der Waals surface area contributed by atoms with Gasteiger partial charge in [0.05, 0.1) is 10.9 Å². The van der Waals surface area contributed by atoms with Crippen LogP contribution in [-0.2, 0) is 26.0 Å². The third kappa shape index (κ3) is 7.65. The van der Waals surface area contributed by atoms with Gasteiger partial charge in [-0.25, -0.2) is 8.42 Å². The van der Waals surface area contributed by atoms with Crippen molar-refractivity contribution in [3.05, 3.63) is 60.2 Å². The molecule has 0 spiro atoms. The molecular weight excluding hydrogens is 452 g/mol. The minimum absolute atomic E-state index is 0.0432. The van der Waals surface area contributed by atoms with E-state index >= 15 is 0 Å². The number of rotatable bonds is 9. The molecule has 1 atom stereocenters. The van der Waals surface area contributed by atoms with E-state index < -0.39 is 16.1 Å². The molecule has 1 heterocycles. The van der Waals surface area contributed by atoms with Gasteiger partial charge in [-0.05, 0) is 69.1 Å². The zero-order valence-electron chi connectivity index (χ0n) is 19.9. The first-order chi connectivity index (χ1) is 16.2. The van der Waals surface area contributed by atoms with Crippen molar-refractivity contribution in [2.75, 3.05) is 38.0 Å². The Bertz CT molecular complexity index is 1060. The molecule has 1 saturated heterocycles. The van der Waals surface area contributed by atoms with Gasteiger partial charge in [0, 0.05) is 32.2 Å². The number of nitrogens with zero attached hydrogens (tertiary/aromatic N) is 2. The van der Waals surface area contributed by atoms with E-state index in [2.05, 4.69) is 39.2 Å². The number of hydrogen-bond acceptors (Lipinski definition) is 5. The number of nitrogens with one attached hydrogen (secondary N) is 2. The molecule has 2 aromatic rings. The van der Waals surface area contributed by atoms with Crippen molar-refractivity contribution in [3.8, 4) is 0 Å². The summed E-state index contributed by atoms with van der Waals surface area (Å²) in [7, 11) is -3.87. The van der Waals surface area contributed by atoms with Crippen LogP contribution in [0.4, 0.5) is 5.69 Å². The molecule has 2 amide bonds. The first-order valence-corrected chi connectivity index (χ1v) is 13.2. The smallest absolute Gasteiger partial charge is 0.241 e. The summed E-state index contributed by atoms with van der Waals surface area (Å²) in [5, 5.41) is 2.60. The maximum absolute atomic E-state index is 13.0. The van der Waals surface area contributed by atoms with E-state index in [0.29, 0.717) is 18.8 Å². The standard InChI is InChI=1S/C25H34N4O4S/c1-20(27-34(32,33)24-13-11-23(12-14-24)26-21(2)30)25(31)29-17-7-16-28(18-19-29)15-6-10-22-8-4-3-5-9-22/h3-5,8-9,11-14,20,27H,6-7,10,15-19H2,1-2H3,(H,26,30)/t20-/m0/s1. The Labute approximate surface area is 202 Å². The summed E-state index contributed by atoms with van der Waals surface area (Å²) in [4.78, 5) is 28.3. The van der Waals surface area contributed by atoms with Crippen LogP contribution in [0.15, 0.2) is 59.5 Å². The van der Waals surface area contributed by atoms with Crippen molar-refractivity contribution in [2.24, 2.45) is 0 Å². The minimum Gasteiger partial charge on any atom is -0.340 e. The van der Waals surface area contributed by atoms with E-state index in [9.17, 15) is 18.0 Å². The Morgan fingerprint density at radius 1 is 0.971 bits per heavy atom. The second kappa shape index (κ2) is 12.1. The van der Waals surface area contributed by atoms with E-state index in [4.69, 9.17) is 0 Å². The first kappa shape index (κ1) is 25.9. The zero-order chi connectivity index (χ0) is 24.6. The topological polar surface area (TPSA) is 98.8 Å². The van der Waals surface area contributed by atoms with Crippen LogP contribution in [0, 0.1) is 0 Å². The normalized spacial score (nSPS) is 16.0. The van der Waals surface area contributed by atoms with Crippen molar-refractivity contribution >= 4 is 27.5 Å². The molecule has 34 heavy (non-hydrogen) atoms. The molecule has 0 bridgehead atoms. The average molecular weight is 487 g/mol. The summed E-state index contributed by atoms with van der Waals surface area (Å²) in [6, 6.07) is 15.4. The molecule has 2 aromatic carbocycles. The second-order valence-corrected chi connectivity index (χ2v) is 10.4. The van der Waals surface area contributed by atoms with E-state index in [0.717, 1.165) is 38.9 Å². The molecule has 0 unspecified atom stereocenters. The van der Waals surface area contributed by atoms with Gasteiger partial charge in [-0.2, -0.15) is 4.72 Å². The lowest BCUT2D eigenvalue weighted by atomic mass is 10.1. The molecule has 0 radical (unpaired) electrons. The number of aryl methyl sites for hydroxylation is 1. The minimum atomic E-state index is -3.87. The van der Waals surface area contributed by atoms with Gasteiger partial charge in [0.1, 0.15) is 0 Å². The Hall–Kier alpha value is -2.75. The largest absolute Gasteiger partial charge is 0.340 e. The molecule has 3 rings (SSSR count). The highest BCUT2D eigenvalue weighted by Crippen LogP contribution is 2.15. The van der Waals surface area contributed by atoms with Crippen LogP contribution in [0.25, 0.3) is 0 Å². The number of carbonyl (C=O) groups is 2. The molecule has 0 aliphatic carbocycles. The lowest BCUT2D eigenvalue weighted by Crippen LogP contribution is -2.47. The Morgan fingerprint density at radius 2 is 1.68 bits per heavy atom. The third-order valence-corrected chi connectivity index (χ3v) is 7.43. The molecule has 1 aliphatic rings. The summed E-state index contributed by atoms with van der Waals surface area (Å²) in [6.45, 7) is 6.85. The van der Waals surface area contributed by atoms with Gasteiger partial charge in [-0.15, -0.1) is 0 Å². The van der Waals surface area contributed by atoms with Crippen molar-refractivity contribution < 1.29 is 18.0 Å². The number of hydrogen-bond donors (Lipinski definition) is 2. The summed E-state index contributed by atoms with van der Waals surface area (Å²) < 4.78 is 28.0. The van der Waals surface area contributed by atoms with E-state index in [1.807, 2.05) is 6.07 Å². The highest BCUT2D eigenvalue weighted by atomic mass is 32.2. The fourth-order valence-electron chi connectivity index (χ4n) is 4.11. The van der Waals surface area contributed by atoms with Gasteiger partial charge in [0.2, 0.25) is 21.8 Å². The highest BCUT2D eigenvalue weighted by molar-refractivity contribution is 7.89. The van der Waals surface area contributed by atoms with Crippen LogP contribution in [0.5, 0.6) is 0 Å². The lowest BCUT2D eigenvalue weighted by Gasteiger charge is -2.25. The van der Waals surface area contributed by atoms with E-state index in [1.54, 1.807) is 11.8 Å². The lowest BCUT2D eigenvalue weighted by molar-refractivity contribution is -0.132. The third-order valence-electron chi connectivity index (χ3n) is 5.87. The number of benzene rings is 2. The summed E-state index contributed by atoms with van der Waals surface area (Å²) in [6.07, 6.45) is 2.96. The molecule has 2 N–H and O–H groups in total. The second-order valence-electron chi connectivity index (χ2n) is 8.66. The number of anilines is 1. The van der Waals surface area contributed by atoms with Crippen LogP contribution in [0.3, 0.4) is 0 Å². The fourth-order valence-corrected chi connectivity index (χ4v) is 5.31. The molecule has 184 valence electrons. The predicted octanol–water partition coefficient (Wildman–Crippen LogP) is 2.48. The summed E-state index contributed by atoms with van der Waals surface area (Å²) in [5.41, 5.74) is 1.84. The van der Waals surface area contributed by atoms with Crippen LogP contribution in [0.2, 0.25) is 0 Å². The van der Waals surface area contributed by atoms with Gasteiger partial charge in [-0.1, -0.05) is 30.3 Å². The van der Waals surface area contributed by atoms with Gasteiger partial charge in [0.15, 0.2) is 0 Å².